The maximum Gasteiger partial charge on any atom is 0.192 e. The Balaban J connectivity index is 2.13. The van der Waals surface area contributed by atoms with E-state index in [2.05, 4.69) is 24.1 Å². The van der Waals surface area contributed by atoms with Crippen molar-refractivity contribution in [3.8, 4) is 0 Å². The first-order valence-electron chi connectivity index (χ1n) is 5.80. The van der Waals surface area contributed by atoms with Crippen LogP contribution in [-0.4, -0.2) is 11.5 Å². The van der Waals surface area contributed by atoms with Gasteiger partial charge in [-0.15, -0.1) is 0 Å². The van der Waals surface area contributed by atoms with Crippen molar-refractivity contribution in [2.24, 2.45) is 5.92 Å². The molecule has 1 aromatic heterocycles. The molecule has 0 radical (unpaired) electrons. The van der Waals surface area contributed by atoms with Crippen LogP contribution < -0.4 is 5.32 Å². The Bertz CT molecular complexity index is 476. The lowest BCUT2D eigenvalue weighted by atomic mass is 10.1. The van der Waals surface area contributed by atoms with Gasteiger partial charge in [-0.3, -0.25) is 0 Å². The summed E-state index contributed by atoms with van der Waals surface area (Å²) in [6.07, 6.45) is 1.19. The van der Waals surface area contributed by atoms with Gasteiger partial charge in [0.1, 0.15) is 5.52 Å². The highest BCUT2D eigenvalue weighted by Crippen LogP contribution is 2.19. The zero-order chi connectivity index (χ0) is 11.5. The molecule has 0 aliphatic rings. The summed E-state index contributed by atoms with van der Waals surface area (Å²) in [4.78, 5) is 4.31. The van der Waals surface area contributed by atoms with E-state index in [1.807, 2.05) is 25.1 Å². The highest BCUT2D eigenvalue weighted by Gasteiger charge is 2.03. The summed E-state index contributed by atoms with van der Waals surface area (Å²) in [5.41, 5.74) is 2.89. The first-order chi connectivity index (χ1) is 7.69. The Morgan fingerprint density at radius 2 is 2.25 bits per heavy atom. The number of fused-ring (bicyclic) bond motifs is 1. The lowest BCUT2D eigenvalue weighted by Gasteiger charge is -2.10. The van der Waals surface area contributed by atoms with Crippen molar-refractivity contribution in [1.82, 2.24) is 4.98 Å². The Morgan fingerprint density at radius 1 is 1.44 bits per heavy atom. The van der Waals surface area contributed by atoms with Crippen LogP contribution >= 0.6 is 0 Å². The number of aromatic nitrogens is 1. The number of nitrogens with zero attached hydrogens (tertiary/aromatic N) is 1. The largest absolute Gasteiger partial charge is 0.441 e. The van der Waals surface area contributed by atoms with Gasteiger partial charge in [0.05, 0.1) is 0 Å². The first-order valence-corrected chi connectivity index (χ1v) is 5.80. The molecular weight excluding hydrogens is 200 g/mol. The minimum atomic E-state index is 0.690. The minimum Gasteiger partial charge on any atom is -0.441 e. The van der Waals surface area contributed by atoms with Gasteiger partial charge in [0.2, 0.25) is 0 Å². The van der Waals surface area contributed by atoms with Crippen LogP contribution in [0.4, 0.5) is 5.69 Å². The van der Waals surface area contributed by atoms with Gasteiger partial charge < -0.3 is 9.73 Å². The molecule has 2 rings (SSSR count). The average Bonchev–Trinajstić information content (AvgIpc) is 2.65. The van der Waals surface area contributed by atoms with E-state index in [0.717, 1.165) is 23.3 Å². The third-order valence-electron chi connectivity index (χ3n) is 2.85. The van der Waals surface area contributed by atoms with Gasteiger partial charge in [-0.2, -0.15) is 0 Å². The number of anilines is 1. The first kappa shape index (κ1) is 11.0. The average molecular weight is 218 g/mol. The molecule has 2 aromatic rings. The number of aryl methyl sites for hydroxylation is 1. The SMILES string of the molecule is CCC(C)CNc1ccc2oc(C)nc2c1. The maximum absolute atomic E-state index is 5.43. The van der Waals surface area contributed by atoms with Gasteiger partial charge >= 0.3 is 0 Å². The van der Waals surface area contributed by atoms with Gasteiger partial charge in [-0.1, -0.05) is 20.3 Å². The summed E-state index contributed by atoms with van der Waals surface area (Å²) in [7, 11) is 0. The van der Waals surface area contributed by atoms with Crippen molar-refractivity contribution in [1.29, 1.82) is 0 Å². The second-order valence-electron chi connectivity index (χ2n) is 4.31. The zero-order valence-corrected chi connectivity index (χ0v) is 10.1. The van der Waals surface area contributed by atoms with E-state index >= 15 is 0 Å². The van der Waals surface area contributed by atoms with Crippen LogP contribution in [0.25, 0.3) is 11.1 Å². The van der Waals surface area contributed by atoms with E-state index in [4.69, 9.17) is 4.42 Å². The molecule has 0 aliphatic carbocycles. The van der Waals surface area contributed by atoms with Crippen LogP contribution in [0.5, 0.6) is 0 Å². The smallest absolute Gasteiger partial charge is 0.192 e. The summed E-state index contributed by atoms with van der Waals surface area (Å²) in [6.45, 7) is 7.31. The normalized spacial score (nSPS) is 12.9. The van der Waals surface area contributed by atoms with Crippen LogP contribution in [0.3, 0.4) is 0 Å². The summed E-state index contributed by atoms with van der Waals surface area (Å²) >= 11 is 0. The van der Waals surface area contributed by atoms with Crippen molar-refractivity contribution >= 4 is 16.8 Å². The van der Waals surface area contributed by atoms with Crippen LogP contribution in [-0.2, 0) is 0 Å². The number of oxazole rings is 1. The van der Waals surface area contributed by atoms with Crippen molar-refractivity contribution < 1.29 is 4.42 Å². The van der Waals surface area contributed by atoms with Gasteiger partial charge in [-0.05, 0) is 24.1 Å². The number of hydrogen-bond donors (Lipinski definition) is 1. The zero-order valence-electron chi connectivity index (χ0n) is 10.1. The molecule has 1 aromatic carbocycles. The predicted molar refractivity (Wildman–Crippen MR) is 66.7 cm³/mol. The van der Waals surface area contributed by atoms with E-state index in [1.165, 1.54) is 6.42 Å². The van der Waals surface area contributed by atoms with E-state index < -0.39 is 0 Å². The van der Waals surface area contributed by atoms with Crippen molar-refractivity contribution in [2.75, 3.05) is 11.9 Å². The molecule has 1 N–H and O–H groups in total. The van der Waals surface area contributed by atoms with Crippen LogP contribution in [0.15, 0.2) is 22.6 Å². The Labute approximate surface area is 95.9 Å². The number of nitrogens with one attached hydrogen (secondary N) is 1. The molecule has 0 saturated carbocycles. The van der Waals surface area contributed by atoms with E-state index in [-0.39, 0.29) is 0 Å². The molecule has 16 heavy (non-hydrogen) atoms. The Morgan fingerprint density at radius 3 is 3.00 bits per heavy atom. The molecule has 0 bridgehead atoms. The molecule has 0 fully saturated rings. The summed E-state index contributed by atoms with van der Waals surface area (Å²) in [5, 5.41) is 3.42. The van der Waals surface area contributed by atoms with E-state index in [1.54, 1.807) is 0 Å². The molecule has 1 atom stereocenters. The minimum absolute atomic E-state index is 0.690. The van der Waals surface area contributed by atoms with Crippen molar-refractivity contribution in [2.45, 2.75) is 27.2 Å². The van der Waals surface area contributed by atoms with Gasteiger partial charge in [0, 0.05) is 19.2 Å². The van der Waals surface area contributed by atoms with Gasteiger partial charge in [0.25, 0.3) is 0 Å². The fourth-order valence-electron chi connectivity index (χ4n) is 1.59. The van der Waals surface area contributed by atoms with E-state index in [0.29, 0.717) is 11.8 Å². The Hall–Kier alpha value is -1.51. The quantitative estimate of drug-likeness (QED) is 0.852. The Kier molecular flexibility index (Phi) is 3.13. The lowest BCUT2D eigenvalue weighted by molar-refractivity contribution is 0.561. The number of benzene rings is 1. The highest BCUT2D eigenvalue weighted by molar-refractivity contribution is 5.77. The summed E-state index contributed by atoms with van der Waals surface area (Å²) in [6, 6.07) is 6.04. The number of hydrogen-bond acceptors (Lipinski definition) is 3. The monoisotopic (exact) mass is 218 g/mol. The van der Waals surface area contributed by atoms with Crippen molar-refractivity contribution in [3.05, 3.63) is 24.1 Å². The van der Waals surface area contributed by atoms with Crippen LogP contribution in [0.2, 0.25) is 0 Å². The standard InChI is InChI=1S/C13H18N2O/c1-4-9(2)8-14-11-5-6-13-12(7-11)15-10(3)16-13/h5-7,9,14H,4,8H2,1-3H3. The molecule has 0 amide bonds. The third-order valence-corrected chi connectivity index (χ3v) is 2.85. The fraction of sp³-hybridized carbons (Fsp3) is 0.462. The molecule has 3 nitrogen and oxygen atoms in total. The molecule has 3 heteroatoms. The van der Waals surface area contributed by atoms with E-state index in [9.17, 15) is 0 Å². The van der Waals surface area contributed by atoms with Crippen LogP contribution in [0.1, 0.15) is 26.2 Å². The topological polar surface area (TPSA) is 38.1 Å². The highest BCUT2D eigenvalue weighted by atomic mass is 16.3. The fourth-order valence-corrected chi connectivity index (χ4v) is 1.59. The lowest BCUT2D eigenvalue weighted by Crippen LogP contribution is -2.09. The molecule has 86 valence electrons. The van der Waals surface area contributed by atoms with Gasteiger partial charge in [-0.25, -0.2) is 4.98 Å². The third kappa shape index (κ3) is 2.35. The second kappa shape index (κ2) is 4.56. The second-order valence-corrected chi connectivity index (χ2v) is 4.31. The number of rotatable bonds is 4. The van der Waals surface area contributed by atoms with Crippen molar-refractivity contribution in [3.63, 3.8) is 0 Å². The predicted octanol–water partition coefficient (Wildman–Crippen LogP) is 3.59. The molecule has 1 heterocycles. The van der Waals surface area contributed by atoms with Crippen LogP contribution in [0, 0.1) is 12.8 Å². The molecule has 1 unspecified atom stereocenters. The summed E-state index contributed by atoms with van der Waals surface area (Å²) < 4.78 is 5.43. The maximum atomic E-state index is 5.43. The molecule has 0 aliphatic heterocycles. The summed E-state index contributed by atoms with van der Waals surface area (Å²) in [5.74, 6) is 1.41. The molecule has 0 saturated heterocycles. The molecular formula is C13H18N2O. The molecule has 0 spiro atoms. The van der Waals surface area contributed by atoms with Gasteiger partial charge in [0.15, 0.2) is 11.5 Å².